The Morgan fingerprint density at radius 1 is 1.47 bits per heavy atom. The van der Waals surface area contributed by atoms with Crippen molar-refractivity contribution < 1.29 is 10.0 Å². The van der Waals surface area contributed by atoms with E-state index in [0.29, 0.717) is 5.02 Å². The van der Waals surface area contributed by atoms with E-state index in [1.165, 1.54) is 18.2 Å². The summed E-state index contributed by atoms with van der Waals surface area (Å²) in [6, 6.07) is 3.33. The van der Waals surface area contributed by atoms with Crippen LogP contribution in [-0.4, -0.2) is 16.1 Å². The summed E-state index contributed by atoms with van der Waals surface area (Å²) in [7, 11) is 0. The number of nitrogens with two attached hydrogens (primary N) is 1. The van der Waals surface area contributed by atoms with Crippen LogP contribution >= 0.6 is 11.6 Å². The first-order valence-electron chi connectivity index (χ1n) is 5.22. The molecule has 1 rings (SSSR count). The molecule has 6 heteroatoms. The zero-order valence-electron chi connectivity index (χ0n) is 9.63. The van der Waals surface area contributed by atoms with Gasteiger partial charge in [0.1, 0.15) is 0 Å². The molecule has 0 heterocycles. The lowest BCUT2D eigenvalue weighted by Crippen LogP contribution is -2.31. The standard InChI is InChI=1S/C11H15ClN2O3/c1-6(2)11(15)10(13)8-5-7(12)3-4-9(8)14(16)17/h3-6,10-11,15H,13H2,1-2H3/t10-,11+/m1/s1. The van der Waals surface area contributed by atoms with E-state index in [1.807, 2.05) is 0 Å². The van der Waals surface area contributed by atoms with Crippen molar-refractivity contribution in [3.8, 4) is 0 Å². The normalized spacial score (nSPS) is 14.7. The zero-order chi connectivity index (χ0) is 13.2. The van der Waals surface area contributed by atoms with Gasteiger partial charge in [-0.25, -0.2) is 0 Å². The number of nitro groups is 1. The zero-order valence-corrected chi connectivity index (χ0v) is 10.4. The quantitative estimate of drug-likeness (QED) is 0.640. The van der Waals surface area contributed by atoms with Crippen molar-refractivity contribution >= 4 is 17.3 Å². The maximum absolute atomic E-state index is 10.9. The van der Waals surface area contributed by atoms with Gasteiger partial charge in [0.25, 0.3) is 5.69 Å². The maximum atomic E-state index is 10.9. The highest BCUT2D eigenvalue weighted by atomic mass is 35.5. The number of hydrogen-bond acceptors (Lipinski definition) is 4. The lowest BCUT2D eigenvalue weighted by atomic mass is 9.93. The van der Waals surface area contributed by atoms with E-state index < -0.39 is 17.1 Å². The first-order chi connectivity index (χ1) is 7.84. The SMILES string of the molecule is CC(C)[C@H](O)[C@H](N)c1cc(Cl)ccc1[N+](=O)[O-]. The largest absolute Gasteiger partial charge is 0.391 e. The minimum Gasteiger partial charge on any atom is -0.391 e. The Bertz CT molecular complexity index is 423. The van der Waals surface area contributed by atoms with Crippen molar-refractivity contribution in [1.29, 1.82) is 0 Å². The molecular formula is C11H15ClN2O3. The smallest absolute Gasteiger partial charge is 0.274 e. The van der Waals surface area contributed by atoms with Gasteiger partial charge in [0.2, 0.25) is 0 Å². The van der Waals surface area contributed by atoms with Crippen LogP contribution in [0.25, 0.3) is 0 Å². The Hall–Kier alpha value is -1.17. The fourth-order valence-corrected chi connectivity index (χ4v) is 1.74. The first-order valence-corrected chi connectivity index (χ1v) is 5.60. The van der Waals surface area contributed by atoms with Crippen LogP contribution in [0.15, 0.2) is 18.2 Å². The van der Waals surface area contributed by atoms with Gasteiger partial charge in [-0.1, -0.05) is 25.4 Å². The van der Waals surface area contributed by atoms with Gasteiger partial charge >= 0.3 is 0 Å². The summed E-state index contributed by atoms with van der Waals surface area (Å²) in [5.74, 6) is -0.0939. The Morgan fingerprint density at radius 3 is 2.53 bits per heavy atom. The third-order valence-corrected chi connectivity index (χ3v) is 2.83. The molecule has 94 valence electrons. The number of aliphatic hydroxyl groups is 1. The minimum atomic E-state index is -0.854. The molecule has 1 aromatic carbocycles. The third kappa shape index (κ3) is 3.15. The number of aliphatic hydroxyl groups excluding tert-OH is 1. The van der Waals surface area contributed by atoms with E-state index in [4.69, 9.17) is 17.3 Å². The Morgan fingerprint density at radius 2 is 2.06 bits per heavy atom. The number of hydrogen-bond donors (Lipinski definition) is 2. The Balaban J connectivity index is 3.19. The van der Waals surface area contributed by atoms with Crippen molar-refractivity contribution in [3.63, 3.8) is 0 Å². The molecule has 0 saturated heterocycles. The summed E-state index contributed by atoms with van der Waals surface area (Å²) in [6.07, 6.45) is -0.854. The first kappa shape index (κ1) is 13.9. The predicted octanol–water partition coefficient (Wildman–Crippen LogP) is 2.26. The summed E-state index contributed by atoms with van der Waals surface area (Å²) in [5.41, 5.74) is 5.96. The van der Waals surface area contributed by atoms with Gasteiger partial charge in [0.15, 0.2) is 0 Å². The van der Waals surface area contributed by atoms with Gasteiger partial charge < -0.3 is 10.8 Å². The molecule has 0 radical (unpaired) electrons. The number of halogens is 1. The molecule has 0 spiro atoms. The Kier molecular flexibility index (Phi) is 4.45. The average Bonchev–Trinajstić information content (AvgIpc) is 2.26. The summed E-state index contributed by atoms with van der Waals surface area (Å²) in [4.78, 5) is 10.3. The molecule has 2 atom stereocenters. The van der Waals surface area contributed by atoms with Crippen LogP contribution in [-0.2, 0) is 0 Å². The summed E-state index contributed by atoms with van der Waals surface area (Å²) < 4.78 is 0. The van der Waals surface area contributed by atoms with Crippen molar-refractivity contribution in [2.75, 3.05) is 0 Å². The summed E-state index contributed by atoms with van der Waals surface area (Å²) in [5, 5.41) is 21.1. The van der Waals surface area contributed by atoms with Crippen LogP contribution < -0.4 is 5.73 Å². The van der Waals surface area contributed by atoms with Gasteiger partial charge in [0, 0.05) is 11.1 Å². The predicted molar refractivity (Wildman–Crippen MR) is 65.9 cm³/mol. The third-order valence-electron chi connectivity index (χ3n) is 2.60. The van der Waals surface area contributed by atoms with Crippen molar-refractivity contribution in [1.82, 2.24) is 0 Å². The average molecular weight is 259 g/mol. The molecule has 5 nitrogen and oxygen atoms in total. The highest BCUT2D eigenvalue weighted by Gasteiger charge is 2.26. The topological polar surface area (TPSA) is 89.4 Å². The van der Waals surface area contributed by atoms with Crippen LogP contribution in [0, 0.1) is 16.0 Å². The highest BCUT2D eigenvalue weighted by Crippen LogP contribution is 2.30. The molecule has 0 aliphatic carbocycles. The monoisotopic (exact) mass is 258 g/mol. The second kappa shape index (κ2) is 5.44. The number of rotatable bonds is 4. The van der Waals surface area contributed by atoms with Crippen LogP contribution in [0.4, 0.5) is 5.69 Å². The molecule has 0 unspecified atom stereocenters. The second-order valence-corrected chi connectivity index (χ2v) is 4.66. The molecule has 0 aliphatic rings. The van der Waals surface area contributed by atoms with Crippen LogP contribution in [0.3, 0.4) is 0 Å². The molecule has 0 fully saturated rings. The fourth-order valence-electron chi connectivity index (χ4n) is 1.56. The van der Waals surface area contributed by atoms with Crippen molar-refractivity contribution in [3.05, 3.63) is 38.9 Å². The van der Waals surface area contributed by atoms with E-state index in [1.54, 1.807) is 13.8 Å². The van der Waals surface area contributed by atoms with Crippen molar-refractivity contribution in [2.24, 2.45) is 11.7 Å². The van der Waals surface area contributed by atoms with Gasteiger partial charge in [-0.2, -0.15) is 0 Å². The molecule has 0 saturated carbocycles. The van der Waals surface area contributed by atoms with Gasteiger partial charge in [-0.05, 0) is 18.1 Å². The van der Waals surface area contributed by atoms with E-state index >= 15 is 0 Å². The van der Waals surface area contributed by atoms with Crippen LogP contribution in [0.1, 0.15) is 25.5 Å². The van der Waals surface area contributed by atoms with E-state index in [-0.39, 0.29) is 17.2 Å². The molecule has 0 aliphatic heterocycles. The molecule has 3 N–H and O–H groups in total. The Labute approximate surface area is 104 Å². The van der Waals surface area contributed by atoms with Crippen LogP contribution in [0.2, 0.25) is 5.02 Å². The van der Waals surface area contributed by atoms with E-state index in [9.17, 15) is 15.2 Å². The fraction of sp³-hybridized carbons (Fsp3) is 0.455. The lowest BCUT2D eigenvalue weighted by Gasteiger charge is -2.22. The van der Waals surface area contributed by atoms with Gasteiger partial charge in [-0.15, -0.1) is 0 Å². The molecule has 0 amide bonds. The number of nitrogens with zero attached hydrogens (tertiary/aromatic N) is 1. The maximum Gasteiger partial charge on any atom is 0.274 e. The molecule has 1 aromatic rings. The highest BCUT2D eigenvalue weighted by molar-refractivity contribution is 6.30. The van der Waals surface area contributed by atoms with Crippen LogP contribution in [0.5, 0.6) is 0 Å². The van der Waals surface area contributed by atoms with E-state index in [0.717, 1.165) is 0 Å². The molecule has 0 aromatic heterocycles. The minimum absolute atomic E-state index is 0.0939. The molecular weight excluding hydrogens is 244 g/mol. The van der Waals surface area contributed by atoms with Gasteiger partial charge in [0.05, 0.1) is 22.6 Å². The number of benzene rings is 1. The lowest BCUT2D eigenvalue weighted by molar-refractivity contribution is -0.385. The summed E-state index contributed by atoms with van der Waals surface area (Å²) >= 11 is 5.79. The van der Waals surface area contributed by atoms with E-state index in [2.05, 4.69) is 0 Å². The van der Waals surface area contributed by atoms with Crippen molar-refractivity contribution in [2.45, 2.75) is 26.0 Å². The number of nitro benzene ring substituents is 1. The van der Waals surface area contributed by atoms with Gasteiger partial charge in [-0.3, -0.25) is 10.1 Å². The summed E-state index contributed by atoms with van der Waals surface area (Å²) in [6.45, 7) is 3.59. The molecule has 0 bridgehead atoms. The molecule has 17 heavy (non-hydrogen) atoms. The second-order valence-electron chi connectivity index (χ2n) is 4.22.